The molecule has 7 heteroatoms. The molecule has 1 aliphatic heterocycles. The summed E-state index contributed by atoms with van der Waals surface area (Å²) >= 11 is 3.56. The highest BCUT2D eigenvalue weighted by Crippen LogP contribution is 2.33. The maximum Gasteiger partial charge on any atom is 0.226 e. The van der Waals surface area contributed by atoms with E-state index in [2.05, 4.69) is 49.5 Å². The molecule has 1 aromatic heterocycles. The van der Waals surface area contributed by atoms with Gasteiger partial charge in [0.25, 0.3) is 0 Å². The fourth-order valence-corrected chi connectivity index (χ4v) is 3.66. The van der Waals surface area contributed by atoms with Crippen LogP contribution in [0.2, 0.25) is 0 Å². The summed E-state index contributed by atoms with van der Waals surface area (Å²) in [5.74, 6) is 2.24. The highest BCUT2D eigenvalue weighted by atomic mass is 79.9. The van der Waals surface area contributed by atoms with E-state index in [-0.39, 0.29) is 12.6 Å². The van der Waals surface area contributed by atoms with E-state index >= 15 is 0 Å². The van der Waals surface area contributed by atoms with Crippen LogP contribution in [0.5, 0.6) is 5.75 Å². The number of nitrogens with zero attached hydrogens (tertiary/aromatic N) is 3. The van der Waals surface area contributed by atoms with Crippen molar-refractivity contribution < 1.29 is 9.84 Å². The molecule has 0 amide bonds. The molecule has 4 rings (SSSR count). The van der Waals surface area contributed by atoms with Gasteiger partial charge in [-0.05, 0) is 60.0 Å². The van der Waals surface area contributed by atoms with Crippen LogP contribution < -0.4 is 10.1 Å². The second kappa shape index (κ2) is 8.16. The van der Waals surface area contributed by atoms with Gasteiger partial charge in [-0.2, -0.15) is 10.1 Å². The number of rotatable bonds is 6. The first-order valence-corrected chi connectivity index (χ1v) is 9.92. The highest BCUT2D eigenvalue weighted by Gasteiger charge is 2.25. The summed E-state index contributed by atoms with van der Waals surface area (Å²) < 4.78 is 8.19. The summed E-state index contributed by atoms with van der Waals surface area (Å²) in [7, 11) is 1.66. The lowest BCUT2D eigenvalue weighted by molar-refractivity contribution is 0.287. The average molecular weight is 441 g/mol. The van der Waals surface area contributed by atoms with Crippen molar-refractivity contribution in [3.05, 3.63) is 76.0 Å². The Labute approximate surface area is 172 Å². The van der Waals surface area contributed by atoms with E-state index in [9.17, 15) is 0 Å². The zero-order valence-electron chi connectivity index (χ0n) is 15.5. The molecule has 1 atom stereocenters. The molecule has 2 N–H and O–H groups in total. The minimum atomic E-state index is -0.0822. The number of anilines is 1. The molecular formula is C21H21BrN4O2. The molecule has 28 heavy (non-hydrogen) atoms. The molecule has 2 heterocycles. The van der Waals surface area contributed by atoms with Crippen LogP contribution in [0, 0.1) is 0 Å². The third-order valence-electron chi connectivity index (χ3n) is 4.66. The van der Waals surface area contributed by atoms with Crippen molar-refractivity contribution in [3.63, 3.8) is 0 Å². The van der Waals surface area contributed by atoms with E-state index < -0.39 is 0 Å². The Morgan fingerprint density at radius 1 is 1.21 bits per heavy atom. The topological polar surface area (TPSA) is 72.2 Å². The Kier molecular flexibility index (Phi) is 5.45. The predicted molar refractivity (Wildman–Crippen MR) is 112 cm³/mol. The highest BCUT2D eigenvalue weighted by molar-refractivity contribution is 9.10. The second-order valence-electron chi connectivity index (χ2n) is 6.56. The van der Waals surface area contributed by atoms with Gasteiger partial charge in [0.2, 0.25) is 5.95 Å². The van der Waals surface area contributed by atoms with Crippen LogP contribution in [-0.2, 0) is 6.42 Å². The summed E-state index contributed by atoms with van der Waals surface area (Å²) in [4.78, 5) is 4.65. The Hall–Kier alpha value is -2.64. The molecule has 6 nitrogen and oxygen atoms in total. The van der Waals surface area contributed by atoms with E-state index in [1.165, 1.54) is 0 Å². The van der Waals surface area contributed by atoms with Gasteiger partial charge in [0.15, 0.2) is 5.82 Å². The molecule has 0 radical (unpaired) electrons. The van der Waals surface area contributed by atoms with Gasteiger partial charge in [-0.15, -0.1) is 0 Å². The Morgan fingerprint density at radius 2 is 2.04 bits per heavy atom. The van der Waals surface area contributed by atoms with Crippen molar-refractivity contribution in [1.82, 2.24) is 14.8 Å². The van der Waals surface area contributed by atoms with Gasteiger partial charge in [-0.1, -0.05) is 28.1 Å². The summed E-state index contributed by atoms with van der Waals surface area (Å²) in [6.45, 7) is 0.127. The number of fused-ring (bicyclic) bond motifs is 1. The van der Waals surface area contributed by atoms with Crippen molar-refractivity contribution in [2.45, 2.75) is 18.9 Å². The van der Waals surface area contributed by atoms with Gasteiger partial charge in [-0.3, -0.25) is 0 Å². The van der Waals surface area contributed by atoms with Crippen molar-refractivity contribution in [2.24, 2.45) is 0 Å². The molecule has 0 fully saturated rings. The standard InChI is InChI=1S/C21H21BrN4O2/c1-28-17-9-7-14(8-10-17)18-13-19(15-4-2-5-16(22)12-15)26-21(23-18)24-20(25-26)6-3-11-27/h2,4-5,7-10,12-13,19,27H,3,6,11H2,1H3,(H,23,24,25). The SMILES string of the molecule is COc1ccc(C2=CC(c3cccc(Br)c3)n3nc(CCCO)nc3N2)cc1. The number of aliphatic hydroxyl groups is 1. The number of hydrogen-bond donors (Lipinski definition) is 2. The van der Waals surface area contributed by atoms with Crippen molar-refractivity contribution in [3.8, 4) is 5.75 Å². The summed E-state index contributed by atoms with van der Waals surface area (Å²) in [5.41, 5.74) is 3.13. The monoisotopic (exact) mass is 440 g/mol. The molecule has 0 saturated carbocycles. The van der Waals surface area contributed by atoms with Crippen LogP contribution in [0.15, 0.2) is 59.1 Å². The fourth-order valence-electron chi connectivity index (χ4n) is 3.25. The zero-order valence-corrected chi connectivity index (χ0v) is 17.1. The summed E-state index contributed by atoms with van der Waals surface area (Å²) in [6, 6.07) is 16.1. The van der Waals surface area contributed by atoms with Crippen LogP contribution in [-0.4, -0.2) is 33.6 Å². The second-order valence-corrected chi connectivity index (χ2v) is 7.47. The van der Waals surface area contributed by atoms with Gasteiger partial charge >= 0.3 is 0 Å². The van der Waals surface area contributed by atoms with Crippen LogP contribution in [0.3, 0.4) is 0 Å². The zero-order chi connectivity index (χ0) is 19.5. The number of hydrogen-bond acceptors (Lipinski definition) is 5. The third kappa shape index (κ3) is 3.81. The first-order valence-electron chi connectivity index (χ1n) is 9.13. The number of halogens is 1. The van der Waals surface area contributed by atoms with Crippen LogP contribution in [0.25, 0.3) is 5.70 Å². The maximum atomic E-state index is 9.12. The lowest BCUT2D eigenvalue weighted by Crippen LogP contribution is -2.20. The van der Waals surface area contributed by atoms with Crippen molar-refractivity contribution >= 4 is 27.6 Å². The molecule has 1 unspecified atom stereocenters. The van der Waals surface area contributed by atoms with Gasteiger partial charge < -0.3 is 15.2 Å². The number of aliphatic hydroxyl groups excluding tert-OH is 1. The normalized spacial score (nSPS) is 15.5. The van der Waals surface area contributed by atoms with E-state index in [0.29, 0.717) is 18.8 Å². The molecule has 0 aliphatic carbocycles. The lowest BCUT2D eigenvalue weighted by Gasteiger charge is -2.24. The Bertz CT molecular complexity index is 998. The van der Waals surface area contributed by atoms with E-state index in [0.717, 1.165) is 32.9 Å². The van der Waals surface area contributed by atoms with Crippen molar-refractivity contribution in [2.75, 3.05) is 19.0 Å². The predicted octanol–water partition coefficient (Wildman–Crippen LogP) is 4.03. The Balaban J connectivity index is 1.75. The average Bonchev–Trinajstić information content (AvgIpc) is 3.14. The molecule has 0 saturated heterocycles. The summed E-state index contributed by atoms with van der Waals surface area (Å²) in [6.07, 6.45) is 3.44. The number of methoxy groups -OCH3 is 1. The molecule has 0 spiro atoms. The number of ether oxygens (including phenoxy) is 1. The van der Waals surface area contributed by atoms with E-state index in [1.54, 1.807) is 7.11 Å². The quantitative estimate of drug-likeness (QED) is 0.605. The molecule has 1 aliphatic rings. The molecule has 2 aromatic carbocycles. The smallest absolute Gasteiger partial charge is 0.226 e. The number of allylic oxidation sites excluding steroid dienone is 1. The van der Waals surface area contributed by atoms with Gasteiger partial charge in [0, 0.05) is 23.2 Å². The van der Waals surface area contributed by atoms with Crippen LogP contribution >= 0.6 is 15.9 Å². The largest absolute Gasteiger partial charge is 0.497 e. The van der Waals surface area contributed by atoms with Gasteiger partial charge in [0.05, 0.1) is 7.11 Å². The Morgan fingerprint density at radius 3 is 2.75 bits per heavy atom. The van der Waals surface area contributed by atoms with Crippen molar-refractivity contribution in [1.29, 1.82) is 0 Å². The molecule has 0 bridgehead atoms. The maximum absolute atomic E-state index is 9.12. The van der Waals surface area contributed by atoms with Crippen LogP contribution in [0.4, 0.5) is 5.95 Å². The first-order chi connectivity index (χ1) is 13.7. The number of benzene rings is 2. The molecular weight excluding hydrogens is 420 g/mol. The van der Waals surface area contributed by atoms with Crippen LogP contribution in [0.1, 0.15) is 29.4 Å². The van der Waals surface area contributed by atoms with Gasteiger partial charge in [0.1, 0.15) is 11.8 Å². The number of aromatic nitrogens is 3. The first kappa shape index (κ1) is 18.7. The van der Waals surface area contributed by atoms with E-state index in [1.807, 2.05) is 41.1 Å². The molecule has 144 valence electrons. The van der Waals surface area contributed by atoms with E-state index in [4.69, 9.17) is 9.84 Å². The minimum absolute atomic E-state index is 0.0822. The van der Waals surface area contributed by atoms with Gasteiger partial charge in [-0.25, -0.2) is 4.68 Å². The molecule has 3 aromatic rings. The third-order valence-corrected chi connectivity index (χ3v) is 5.15. The number of aryl methyl sites for hydroxylation is 1. The fraction of sp³-hybridized carbons (Fsp3) is 0.238. The minimum Gasteiger partial charge on any atom is -0.497 e. The lowest BCUT2D eigenvalue weighted by atomic mass is 10.0. The summed E-state index contributed by atoms with van der Waals surface area (Å²) in [5, 5.41) is 17.2. The number of nitrogens with one attached hydrogen (secondary N) is 1.